The van der Waals surface area contributed by atoms with Crippen molar-refractivity contribution in [1.29, 1.82) is 0 Å². The number of carbonyl (C=O) groups is 2. The van der Waals surface area contributed by atoms with Gasteiger partial charge in [0.15, 0.2) is 0 Å². The maximum absolute atomic E-state index is 10.7. The van der Waals surface area contributed by atoms with E-state index in [0.717, 1.165) is 6.42 Å². The molecule has 12 heavy (non-hydrogen) atoms. The number of hydrogen-bond donors (Lipinski definition) is 2. The summed E-state index contributed by atoms with van der Waals surface area (Å²) in [7, 11) is 0. The normalized spacial score (nSPS) is 9.08. The van der Waals surface area contributed by atoms with Gasteiger partial charge in [-0.2, -0.15) is 0 Å². The van der Waals surface area contributed by atoms with Gasteiger partial charge in [-0.15, -0.1) is 0 Å². The van der Waals surface area contributed by atoms with Crippen LogP contribution in [0.2, 0.25) is 0 Å². The first-order valence-corrected chi connectivity index (χ1v) is 3.79. The zero-order valence-electron chi connectivity index (χ0n) is 7.00. The van der Waals surface area contributed by atoms with Gasteiger partial charge in [-0.1, -0.05) is 6.92 Å². The van der Waals surface area contributed by atoms with Gasteiger partial charge in [0.05, 0.1) is 13.0 Å². The molecule has 1 amide bonds. The van der Waals surface area contributed by atoms with Crippen LogP contribution >= 0.6 is 0 Å². The van der Waals surface area contributed by atoms with Crippen LogP contribution in [0.25, 0.3) is 0 Å². The van der Waals surface area contributed by atoms with Crippen LogP contribution in [0.15, 0.2) is 0 Å². The average molecular weight is 175 g/mol. The number of carboxylic acids is 1. The molecule has 2 N–H and O–H groups in total. The first-order valence-electron chi connectivity index (χ1n) is 3.79. The summed E-state index contributed by atoms with van der Waals surface area (Å²) in [5.41, 5.74) is 0. The number of carbonyl (C=O) groups excluding carboxylic acids is 1. The van der Waals surface area contributed by atoms with Gasteiger partial charge in [-0.05, 0) is 6.42 Å². The van der Waals surface area contributed by atoms with Crippen LogP contribution in [-0.4, -0.2) is 30.3 Å². The molecule has 0 saturated heterocycles. The third kappa shape index (κ3) is 6.85. The molecule has 0 bridgehead atoms. The fourth-order valence-corrected chi connectivity index (χ4v) is 0.517. The fourth-order valence-electron chi connectivity index (χ4n) is 0.517. The Balaban J connectivity index is 3.25. The molecule has 0 heterocycles. The maximum Gasteiger partial charge on any atom is 0.407 e. The molecule has 0 rings (SSSR count). The highest BCUT2D eigenvalue weighted by Gasteiger charge is 2.01. The molecular formula is C7H13NO4. The van der Waals surface area contributed by atoms with Gasteiger partial charge in [0.1, 0.15) is 0 Å². The van der Waals surface area contributed by atoms with Gasteiger partial charge >= 0.3 is 12.1 Å². The van der Waals surface area contributed by atoms with Crippen molar-refractivity contribution in [3.05, 3.63) is 0 Å². The van der Waals surface area contributed by atoms with Crippen molar-refractivity contribution in [1.82, 2.24) is 5.32 Å². The Morgan fingerprint density at radius 3 is 2.67 bits per heavy atom. The van der Waals surface area contributed by atoms with Crippen molar-refractivity contribution in [3.8, 4) is 0 Å². The van der Waals surface area contributed by atoms with Crippen molar-refractivity contribution in [3.63, 3.8) is 0 Å². The second kappa shape index (κ2) is 6.45. The van der Waals surface area contributed by atoms with E-state index in [0.29, 0.717) is 6.61 Å². The zero-order chi connectivity index (χ0) is 9.40. The van der Waals surface area contributed by atoms with Crippen LogP contribution in [0.4, 0.5) is 4.79 Å². The molecule has 0 atom stereocenters. The molecule has 0 aliphatic heterocycles. The Morgan fingerprint density at radius 2 is 2.17 bits per heavy atom. The van der Waals surface area contributed by atoms with E-state index in [9.17, 15) is 9.59 Å². The third-order valence-electron chi connectivity index (χ3n) is 1.05. The molecule has 0 fully saturated rings. The maximum atomic E-state index is 10.7. The summed E-state index contributed by atoms with van der Waals surface area (Å²) in [5.74, 6) is -0.939. The molecular weight excluding hydrogens is 162 g/mol. The molecule has 0 aromatic rings. The standard InChI is InChI=1S/C7H13NO4/c1-2-5-12-7(11)8-4-3-6(9)10/h2-5H2,1H3,(H,8,11)(H,9,10). The quantitative estimate of drug-likeness (QED) is 0.641. The molecule has 5 heteroatoms. The third-order valence-corrected chi connectivity index (χ3v) is 1.05. The number of hydrogen-bond acceptors (Lipinski definition) is 3. The summed E-state index contributed by atoms with van der Waals surface area (Å²) in [4.78, 5) is 20.7. The van der Waals surface area contributed by atoms with Crippen LogP contribution in [0.5, 0.6) is 0 Å². The number of amides is 1. The number of nitrogens with one attached hydrogen (secondary N) is 1. The van der Waals surface area contributed by atoms with E-state index in [-0.39, 0.29) is 13.0 Å². The van der Waals surface area contributed by atoms with Crippen molar-refractivity contribution in [2.75, 3.05) is 13.2 Å². The first kappa shape index (κ1) is 10.7. The minimum atomic E-state index is -0.939. The van der Waals surface area contributed by atoms with Crippen LogP contribution in [0.3, 0.4) is 0 Å². The zero-order valence-corrected chi connectivity index (χ0v) is 7.00. The highest BCUT2D eigenvalue weighted by molar-refractivity contribution is 5.70. The molecule has 5 nitrogen and oxygen atoms in total. The van der Waals surface area contributed by atoms with E-state index >= 15 is 0 Å². The van der Waals surface area contributed by atoms with E-state index in [4.69, 9.17) is 5.11 Å². The predicted octanol–water partition coefficient (Wildman–Crippen LogP) is 0.597. The Bertz CT molecular complexity index is 157. The van der Waals surface area contributed by atoms with E-state index in [1.807, 2.05) is 6.92 Å². The predicted molar refractivity (Wildman–Crippen MR) is 41.9 cm³/mol. The second-order valence-corrected chi connectivity index (χ2v) is 2.21. The first-order chi connectivity index (χ1) is 5.66. The molecule has 70 valence electrons. The number of aliphatic carboxylic acids is 1. The molecule has 0 aliphatic carbocycles. The number of alkyl carbamates (subject to hydrolysis) is 1. The SMILES string of the molecule is CCCOC(=O)NCCC(=O)O. The van der Waals surface area contributed by atoms with Crippen LogP contribution < -0.4 is 5.32 Å². The lowest BCUT2D eigenvalue weighted by molar-refractivity contribution is -0.136. The number of ether oxygens (including phenoxy) is 1. The minimum Gasteiger partial charge on any atom is -0.481 e. The summed E-state index contributed by atoms with van der Waals surface area (Å²) in [5, 5.41) is 10.5. The molecule has 0 radical (unpaired) electrons. The summed E-state index contributed by atoms with van der Waals surface area (Å²) in [6.45, 7) is 2.35. The fraction of sp³-hybridized carbons (Fsp3) is 0.714. The Morgan fingerprint density at radius 1 is 1.50 bits per heavy atom. The van der Waals surface area contributed by atoms with Crippen LogP contribution in [-0.2, 0) is 9.53 Å². The molecule has 0 aliphatic rings. The Labute approximate surface area is 70.7 Å². The van der Waals surface area contributed by atoms with Crippen LogP contribution in [0, 0.1) is 0 Å². The van der Waals surface area contributed by atoms with Crippen molar-refractivity contribution in [2.45, 2.75) is 19.8 Å². The number of rotatable bonds is 5. The highest BCUT2D eigenvalue weighted by atomic mass is 16.5. The lowest BCUT2D eigenvalue weighted by atomic mass is 10.4. The minimum absolute atomic E-state index is 0.0821. The Hall–Kier alpha value is -1.26. The van der Waals surface area contributed by atoms with Gasteiger partial charge in [0.2, 0.25) is 0 Å². The lowest BCUT2D eigenvalue weighted by Crippen LogP contribution is -2.26. The largest absolute Gasteiger partial charge is 0.481 e. The highest BCUT2D eigenvalue weighted by Crippen LogP contribution is 1.82. The van der Waals surface area contributed by atoms with Crippen molar-refractivity contribution < 1.29 is 19.4 Å². The van der Waals surface area contributed by atoms with E-state index in [1.54, 1.807) is 0 Å². The smallest absolute Gasteiger partial charge is 0.407 e. The van der Waals surface area contributed by atoms with Gasteiger partial charge in [-0.25, -0.2) is 4.79 Å². The second-order valence-electron chi connectivity index (χ2n) is 2.21. The lowest BCUT2D eigenvalue weighted by Gasteiger charge is -2.03. The van der Waals surface area contributed by atoms with Crippen molar-refractivity contribution >= 4 is 12.1 Å². The Kier molecular flexibility index (Phi) is 5.77. The van der Waals surface area contributed by atoms with Gasteiger partial charge < -0.3 is 15.2 Å². The summed E-state index contributed by atoms with van der Waals surface area (Å²) in [6.07, 6.45) is 0.117. The van der Waals surface area contributed by atoms with Crippen molar-refractivity contribution in [2.24, 2.45) is 0 Å². The molecule has 0 unspecified atom stereocenters. The van der Waals surface area contributed by atoms with E-state index in [1.165, 1.54) is 0 Å². The summed E-state index contributed by atoms with van der Waals surface area (Å²) in [6, 6.07) is 0. The monoisotopic (exact) mass is 175 g/mol. The summed E-state index contributed by atoms with van der Waals surface area (Å²) >= 11 is 0. The average Bonchev–Trinajstić information content (AvgIpc) is 2.00. The van der Waals surface area contributed by atoms with E-state index < -0.39 is 12.1 Å². The summed E-state index contributed by atoms with van der Waals surface area (Å²) < 4.78 is 4.63. The molecule has 0 saturated carbocycles. The van der Waals surface area contributed by atoms with Gasteiger partial charge in [-0.3, -0.25) is 4.79 Å². The van der Waals surface area contributed by atoms with Gasteiger partial charge in [0.25, 0.3) is 0 Å². The molecule has 0 aromatic carbocycles. The molecule has 0 aromatic heterocycles. The topological polar surface area (TPSA) is 75.6 Å². The van der Waals surface area contributed by atoms with Crippen LogP contribution in [0.1, 0.15) is 19.8 Å². The molecule has 0 spiro atoms. The van der Waals surface area contributed by atoms with Gasteiger partial charge in [0, 0.05) is 6.54 Å². The van der Waals surface area contributed by atoms with E-state index in [2.05, 4.69) is 10.1 Å². The number of carboxylic acid groups (broad SMARTS) is 1.